The van der Waals surface area contributed by atoms with Crippen LogP contribution in [-0.4, -0.2) is 5.78 Å². The van der Waals surface area contributed by atoms with Crippen LogP contribution in [0.1, 0.15) is 16.6 Å². The van der Waals surface area contributed by atoms with Crippen LogP contribution >= 0.6 is 22.9 Å². The molecule has 0 radical (unpaired) electrons. The van der Waals surface area contributed by atoms with Gasteiger partial charge in [-0.25, -0.2) is 4.39 Å². The SMILES string of the molecule is CC(=O)c1ccc(-c2cc(Cl)ccc2F)s1. The summed E-state index contributed by atoms with van der Waals surface area (Å²) in [6, 6.07) is 7.82. The second kappa shape index (κ2) is 4.36. The molecule has 0 saturated carbocycles. The third-order valence-electron chi connectivity index (χ3n) is 2.15. The Balaban J connectivity index is 2.50. The van der Waals surface area contributed by atoms with Crippen LogP contribution < -0.4 is 0 Å². The maximum Gasteiger partial charge on any atom is 0.169 e. The van der Waals surface area contributed by atoms with Gasteiger partial charge in [0.15, 0.2) is 5.78 Å². The molecule has 0 bridgehead atoms. The van der Waals surface area contributed by atoms with Crippen molar-refractivity contribution in [3.05, 3.63) is 46.0 Å². The molecule has 0 aliphatic carbocycles. The number of carbonyl (C=O) groups is 1. The van der Waals surface area contributed by atoms with Gasteiger partial charge in [-0.2, -0.15) is 0 Å². The van der Waals surface area contributed by atoms with Crippen molar-refractivity contribution in [2.75, 3.05) is 0 Å². The zero-order chi connectivity index (χ0) is 11.7. The first-order valence-electron chi connectivity index (χ1n) is 4.64. The Morgan fingerprint density at radius 2 is 2.06 bits per heavy atom. The number of halogens is 2. The van der Waals surface area contributed by atoms with E-state index in [2.05, 4.69) is 0 Å². The Morgan fingerprint density at radius 1 is 1.31 bits per heavy atom. The zero-order valence-electron chi connectivity index (χ0n) is 8.46. The van der Waals surface area contributed by atoms with Gasteiger partial charge in [-0.1, -0.05) is 11.6 Å². The predicted molar refractivity (Wildman–Crippen MR) is 64.7 cm³/mol. The summed E-state index contributed by atoms with van der Waals surface area (Å²) in [7, 11) is 0. The number of hydrogen-bond donors (Lipinski definition) is 0. The normalized spacial score (nSPS) is 10.4. The molecule has 0 unspecified atom stereocenters. The molecule has 0 fully saturated rings. The zero-order valence-corrected chi connectivity index (χ0v) is 10.0. The average Bonchev–Trinajstić information content (AvgIpc) is 2.70. The predicted octanol–water partition coefficient (Wildman–Crippen LogP) is 4.41. The van der Waals surface area contributed by atoms with Gasteiger partial charge < -0.3 is 0 Å². The maximum atomic E-state index is 13.5. The van der Waals surface area contributed by atoms with Gasteiger partial charge in [0.1, 0.15) is 5.82 Å². The van der Waals surface area contributed by atoms with Crippen LogP contribution in [0.25, 0.3) is 10.4 Å². The number of ketones is 1. The van der Waals surface area contributed by atoms with Crippen molar-refractivity contribution in [2.24, 2.45) is 0 Å². The second-order valence-corrected chi connectivity index (χ2v) is 4.86. The molecular formula is C12H8ClFOS. The van der Waals surface area contributed by atoms with E-state index in [-0.39, 0.29) is 11.6 Å². The van der Waals surface area contributed by atoms with Crippen LogP contribution in [0.15, 0.2) is 30.3 Å². The molecule has 2 rings (SSSR count). The lowest BCUT2D eigenvalue weighted by atomic mass is 10.2. The van der Waals surface area contributed by atoms with Gasteiger partial charge in [0.25, 0.3) is 0 Å². The summed E-state index contributed by atoms with van der Waals surface area (Å²) in [4.78, 5) is 12.5. The van der Waals surface area contributed by atoms with E-state index in [0.29, 0.717) is 20.3 Å². The molecule has 0 spiro atoms. The molecule has 0 aliphatic heterocycles. The third kappa shape index (κ3) is 2.15. The fourth-order valence-electron chi connectivity index (χ4n) is 1.36. The number of carbonyl (C=O) groups excluding carboxylic acids is 1. The minimum absolute atomic E-state index is 0.0151. The first-order chi connectivity index (χ1) is 7.58. The molecule has 1 aromatic carbocycles. The van der Waals surface area contributed by atoms with Crippen LogP contribution in [0.5, 0.6) is 0 Å². The van der Waals surface area contributed by atoms with E-state index in [4.69, 9.17) is 11.6 Å². The number of benzene rings is 1. The molecule has 0 N–H and O–H groups in total. The van der Waals surface area contributed by atoms with E-state index in [0.717, 1.165) is 0 Å². The molecule has 0 amide bonds. The molecule has 1 aromatic heterocycles. The van der Waals surface area contributed by atoms with Crippen LogP contribution in [0.4, 0.5) is 4.39 Å². The van der Waals surface area contributed by atoms with E-state index < -0.39 is 0 Å². The van der Waals surface area contributed by atoms with Crippen LogP contribution in [0.2, 0.25) is 5.02 Å². The first kappa shape index (κ1) is 11.3. The summed E-state index contributed by atoms with van der Waals surface area (Å²) >= 11 is 7.08. The van der Waals surface area contributed by atoms with Crippen molar-refractivity contribution in [1.82, 2.24) is 0 Å². The molecule has 2 aromatic rings. The Morgan fingerprint density at radius 3 is 2.69 bits per heavy atom. The van der Waals surface area contributed by atoms with Gasteiger partial charge in [0, 0.05) is 15.5 Å². The Kier molecular flexibility index (Phi) is 3.08. The quantitative estimate of drug-likeness (QED) is 0.726. The number of hydrogen-bond acceptors (Lipinski definition) is 2. The highest BCUT2D eigenvalue weighted by atomic mass is 35.5. The topological polar surface area (TPSA) is 17.1 Å². The number of Topliss-reactive ketones (excluding diaryl/α,β-unsaturated/α-hetero) is 1. The highest BCUT2D eigenvalue weighted by molar-refractivity contribution is 7.17. The fourth-order valence-corrected chi connectivity index (χ4v) is 2.45. The van der Waals surface area contributed by atoms with Gasteiger partial charge in [-0.3, -0.25) is 4.79 Å². The van der Waals surface area contributed by atoms with Gasteiger partial charge in [-0.05, 0) is 37.3 Å². The summed E-state index contributed by atoms with van der Waals surface area (Å²) in [6.07, 6.45) is 0. The smallest absolute Gasteiger partial charge is 0.169 e. The van der Waals surface area contributed by atoms with Crippen molar-refractivity contribution in [3.63, 3.8) is 0 Å². The molecule has 82 valence electrons. The van der Waals surface area contributed by atoms with Gasteiger partial charge in [-0.15, -0.1) is 11.3 Å². The van der Waals surface area contributed by atoms with E-state index in [9.17, 15) is 9.18 Å². The summed E-state index contributed by atoms with van der Waals surface area (Å²) in [5.74, 6) is -0.347. The molecule has 0 atom stereocenters. The van der Waals surface area contributed by atoms with Gasteiger partial charge >= 0.3 is 0 Å². The Bertz CT molecular complexity index is 548. The maximum absolute atomic E-state index is 13.5. The van der Waals surface area contributed by atoms with E-state index >= 15 is 0 Å². The standard InChI is InChI=1S/C12H8ClFOS/c1-7(15)11-4-5-12(16-11)9-6-8(13)2-3-10(9)14/h2-6H,1H3. The van der Waals surface area contributed by atoms with E-state index in [1.54, 1.807) is 18.2 Å². The average molecular weight is 255 g/mol. The number of rotatable bonds is 2. The summed E-state index contributed by atoms with van der Waals surface area (Å²) in [5.41, 5.74) is 0.435. The van der Waals surface area contributed by atoms with Crippen molar-refractivity contribution < 1.29 is 9.18 Å². The monoisotopic (exact) mass is 254 g/mol. The molecule has 1 nitrogen and oxygen atoms in total. The minimum Gasteiger partial charge on any atom is -0.294 e. The lowest BCUT2D eigenvalue weighted by molar-refractivity contribution is 0.102. The largest absolute Gasteiger partial charge is 0.294 e. The lowest BCUT2D eigenvalue weighted by Crippen LogP contribution is -1.83. The molecular weight excluding hydrogens is 247 g/mol. The minimum atomic E-state index is -0.332. The highest BCUT2D eigenvalue weighted by Crippen LogP contribution is 2.32. The van der Waals surface area contributed by atoms with Crippen molar-refractivity contribution in [3.8, 4) is 10.4 Å². The number of thiophene rings is 1. The van der Waals surface area contributed by atoms with Gasteiger partial charge in [0.05, 0.1) is 4.88 Å². The fraction of sp³-hybridized carbons (Fsp3) is 0.0833. The highest BCUT2D eigenvalue weighted by Gasteiger charge is 2.10. The van der Waals surface area contributed by atoms with Crippen molar-refractivity contribution >= 4 is 28.7 Å². The Hall–Kier alpha value is -1.19. The lowest BCUT2D eigenvalue weighted by Gasteiger charge is -2.00. The van der Waals surface area contributed by atoms with Crippen LogP contribution in [-0.2, 0) is 0 Å². The van der Waals surface area contributed by atoms with Gasteiger partial charge in [0.2, 0.25) is 0 Å². The summed E-state index contributed by atoms with van der Waals surface area (Å²) in [6.45, 7) is 1.49. The molecule has 16 heavy (non-hydrogen) atoms. The third-order valence-corrected chi connectivity index (χ3v) is 3.60. The molecule has 4 heteroatoms. The van der Waals surface area contributed by atoms with Crippen LogP contribution in [0, 0.1) is 5.82 Å². The summed E-state index contributed by atoms with van der Waals surface area (Å²) in [5, 5.41) is 0.481. The molecule has 1 heterocycles. The van der Waals surface area contributed by atoms with E-state index in [1.807, 2.05) is 0 Å². The second-order valence-electron chi connectivity index (χ2n) is 3.34. The summed E-state index contributed by atoms with van der Waals surface area (Å²) < 4.78 is 13.5. The Labute approximate surface area is 101 Å². The van der Waals surface area contributed by atoms with E-state index in [1.165, 1.54) is 30.4 Å². The van der Waals surface area contributed by atoms with Crippen LogP contribution in [0.3, 0.4) is 0 Å². The first-order valence-corrected chi connectivity index (χ1v) is 5.83. The van der Waals surface area contributed by atoms with Crippen molar-refractivity contribution in [2.45, 2.75) is 6.92 Å². The molecule has 0 aliphatic rings. The molecule has 0 saturated heterocycles. The van der Waals surface area contributed by atoms with Crippen molar-refractivity contribution in [1.29, 1.82) is 0 Å².